The molecule has 14 heavy (non-hydrogen) atoms. The molecule has 0 bridgehead atoms. The van der Waals surface area contributed by atoms with Crippen molar-refractivity contribution in [3.63, 3.8) is 0 Å². The first-order valence-corrected chi connectivity index (χ1v) is 5.94. The summed E-state index contributed by atoms with van der Waals surface area (Å²) >= 11 is 5.19. The Kier molecular flexibility index (Phi) is 2.89. The summed E-state index contributed by atoms with van der Waals surface area (Å²) in [6, 6.07) is 12.6. The zero-order valence-corrected chi connectivity index (χ0v) is 10.2. The third-order valence-corrected chi connectivity index (χ3v) is 3.66. The first kappa shape index (κ1) is 9.74. The molecule has 1 aromatic heterocycles. The highest BCUT2D eigenvalue weighted by molar-refractivity contribution is 9.10. The van der Waals surface area contributed by atoms with Gasteiger partial charge in [0.2, 0.25) is 0 Å². The minimum atomic E-state index is 1.12. The molecule has 0 amide bonds. The van der Waals surface area contributed by atoms with E-state index in [0.717, 1.165) is 4.47 Å². The number of hydrogen-bond donors (Lipinski definition) is 1. The summed E-state index contributed by atoms with van der Waals surface area (Å²) in [5, 5.41) is 4.33. The number of rotatable bonds is 2. The normalized spacial score (nSPS) is 10.1. The van der Waals surface area contributed by atoms with Gasteiger partial charge in [0.05, 0.1) is 5.00 Å². The number of nitrogens with one attached hydrogen (secondary N) is 1. The minimum absolute atomic E-state index is 1.12. The van der Waals surface area contributed by atoms with Crippen molar-refractivity contribution in [3.05, 3.63) is 40.9 Å². The predicted molar refractivity (Wildman–Crippen MR) is 67.0 cm³/mol. The molecule has 1 heterocycles. The lowest BCUT2D eigenvalue weighted by Gasteiger charge is -1.96. The number of benzene rings is 1. The quantitative estimate of drug-likeness (QED) is 0.859. The van der Waals surface area contributed by atoms with E-state index < -0.39 is 0 Å². The van der Waals surface area contributed by atoms with Crippen molar-refractivity contribution < 1.29 is 0 Å². The molecule has 0 aliphatic heterocycles. The van der Waals surface area contributed by atoms with Crippen LogP contribution in [0.5, 0.6) is 0 Å². The first-order valence-electron chi connectivity index (χ1n) is 4.33. The summed E-state index contributed by atoms with van der Waals surface area (Å²) in [7, 11) is 1.94. The number of halogens is 1. The molecule has 1 aromatic carbocycles. The predicted octanol–water partition coefficient (Wildman–Crippen LogP) is 4.22. The highest BCUT2D eigenvalue weighted by Crippen LogP contribution is 2.31. The van der Waals surface area contributed by atoms with Gasteiger partial charge in [-0.15, -0.1) is 11.3 Å². The van der Waals surface area contributed by atoms with Gasteiger partial charge in [0, 0.05) is 16.4 Å². The van der Waals surface area contributed by atoms with E-state index in [-0.39, 0.29) is 0 Å². The van der Waals surface area contributed by atoms with Gasteiger partial charge in [0.1, 0.15) is 0 Å². The Bertz CT molecular complexity index is 419. The van der Waals surface area contributed by atoms with Crippen LogP contribution in [0.2, 0.25) is 0 Å². The van der Waals surface area contributed by atoms with Crippen LogP contribution in [0.3, 0.4) is 0 Å². The van der Waals surface area contributed by atoms with Gasteiger partial charge >= 0.3 is 0 Å². The molecule has 0 saturated carbocycles. The molecular weight excluding hydrogens is 258 g/mol. The molecule has 0 saturated heterocycles. The Morgan fingerprint density at radius 3 is 2.36 bits per heavy atom. The molecule has 72 valence electrons. The Morgan fingerprint density at radius 2 is 1.79 bits per heavy atom. The van der Waals surface area contributed by atoms with Crippen LogP contribution >= 0.6 is 27.3 Å². The minimum Gasteiger partial charge on any atom is -0.380 e. The van der Waals surface area contributed by atoms with Gasteiger partial charge in [-0.2, -0.15) is 0 Å². The summed E-state index contributed by atoms with van der Waals surface area (Å²) in [6.45, 7) is 0. The molecule has 0 aliphatic carbocycles. The molecular formula is C11H10BrNS. The number of hydrogen-bond acceptors (Lipinski definition) is 2. The van der Waals surface area contributed by atoms with E-state index in [2.05, 4.69) is 57.6 Å². The monoisotopic (exact) mass is 267 g/mol. The molecule has 0 unspecified atom stereocenters. The maximum atomic E-state index is 3.43. The number of anilines is 1. The van der Waals surface area contributed by atoms with Crippen LogP contribution in [0.15, 0.2) is 40.9 Å². The van der Waals surface area contributed by atoms with Gasteiger partial charge in [0.25, 0.3) is 0 Å². The Balaban J connectivity index is 2.34. The van der Waals surface area contributed by atoms with Crippen LogP contribution in [0.25, 0.3) is 10.4 Å². The lowest BCUT2D eigenvalue weighted by molar-refractivity contribution is 1.59. The lowest BCUT2D eigenvalue weighted by Crippen LogP contribution is -1.79. The fourth-order valence-electron chi connectivity index (χ4n) is 1.24. The van der Waals surface area contributed by atoms with Crippen LogP contribution in [0, 0.1) is 0 Å². The molecule has 0 spiro atoms. The van der Waals surface area contributed by atoms with E-state index >= 15 is 0 Å². The SMILES string of the molecule is CNc1ccc(-c2ccc(Br)cc2)s1. The van der Waals surface area contributed by atoms with Gasteiger partial charge in [-0.25, -0.2) is 0 Å². The summed E-state index contributed by atoms with van der Waals surface area (Å²) in [4.78, 5) is 1.29. The van der Waals surface area contributed by atoms with Crippen LogP contribution < -0.4 is 5.32 Å². The summed E-state index contributed by atoms with van der Waals surface area (Å²) in [5.74, 6) is 0. The highest BCUT2D eigenvalue weighted by atomic mass is 79.9. The molecule has 2 rings (SSSR count). The summed E-state index contributed by atoms with van der Waals surface area (Å²) in [5.41, 5.74) is 1.26. The molecule has 0 aliphatic rings. The number of thiophene rings is 1. The molecule has 0 fully saturated rings. The maximum absolute atomic E-state index is 3.43. The van der Waals surface area contributed by atoms with Crippen LogP contribution in [-0.2, 0) is 0 Å². The van der Waals surface area contributed by atoms with Crippen molar-refractivity contribution >= 4 is 32.3 Å². The summed E-state index contributed by atoms with van der Waals surface area (Å²) < 4.78 is 1.12. The fraction of sp³-hybridized carbons (Fsp3) is 0.0909. The second-order valence-corrected chi connectivity index (χ2v) is 4.92. The highest BCUT2D eigenvalue weighted by Gasteiger charge is 2.00. The molecule has 1 N–H and O–H groups in total. The Labute approximate surface area is 95.9 Å². The molecule has 3 heteroatoms. The van der Waals surface area contributed by atoms with Gasteiger partial charge in [0.15, 0.2) is 0 Å². The molecule has 0 radical (unpaired) electrons. The molecule has 0 atom stereocenters. The van der Waals surface area contributed by atoms with E-state index in [1.54, 1.807) is 11.3 Å². The van der Waals surface area contributed by atoms with E-state index in [1.807, 2.05) is 7.05 Å². The van der Waals surface area contributed by atoms with Crippen molar-refractivity contribution in [2.24, 2.45) is 0 Å². The average molecular weight is 268 g/mol. The van der Waals surface area contributed by atoms with Crippen molar-refractivity contribution in [2.75, 3.05) is 12.4 Å². The van der Waals surface area contributed by atoms with Gasteiger partial charge in [-0.05, 0) is 29.8 Å². The molecule has 2 aromatic rings. The van der Waals surface area contributed by atoms with Crippen molar-refractivity contribution in [3.8, 4) is 10.4 Å². The largest absolute Gasteiger partial charge is 0.380 e. The zero-order valence-electron chi connectivity index (χ0n) is 7.75. The van der Waals surface area contributed by atoms with Crippen molar-refractivity contribution in [2.45, 2.75) is 0 Å². The van der Waals surface area contributed by atoms with Crippen LogP contribution in [-0.4, -0.2) is 7.05 Å². The second-order valence-electron chi connectivity index (χ2n) is 2.92. The van der Waals surface area contributed by atoms with E-state index in [1.165, 1.54) is 15.4 Å². The summed E-state index contributed by atoms with van der Waals surface area (Å²) in [6.07, 6.45) is 0. The van der Waals surface area contributed by atoms with Crippen LogP contribution in [0.4, 0.5) is 5.00 Å². The average Bonchev–Trinajstić information content (AvgIpc) is 2.67. The van der Waals surface area contributed by atoms with Crippen molar-refractivity contribution in [1.82, 2.24) is 0 Å². The van der Waals surface area contributed by atoms with Crippen LogP contribution in [0.1, 0.15) is 0 Å². The topological polar surface area (TPSA) is 12.0 Å². The Morgan fingerprint density at radius 1 is 1.07 bits per heavy atom. The van der Waals surface area contributed by atoms with E-state index in [0.29, 0.717) is 0 Å². The maximum Gasteiger partial charge on any atom is 0.0886 e. The fourth-order valence-corrected chi connectivity index (χ4v) is 2.37. The third-order valence-electron chi connectivity index (χ3n) is 1.98. The van der Waals surface area contributed by atoms with E-state index in [4.69, 9.17) is 0 Å². The lowest BCUT2D eigenvalue weighted by atomic mass is 10.2. The third kappa shape index (κ3) is 1.99. The standard InChI is InChI=1S/C11H10BrNS/c1-13-11-7-6-10(14-11)8-2-4-9(12)5-3-8/h2-7,13H,1H3. The molecule has 1 nitrogen and oxygen atoms in total. The van der Waals surface area contributed by atoms with Gasteiger partial charge in [-0.3, -0.25) is 0 Å². The Hall–Kier alpha value is -0.800. The first-order chi connectivity index (χ1) is 6.79. The van der Waals surface area contributed by atoms with Gasteiger partial charge < -0.3 is 5.32 Å². The second kappa shape index (κ2) is 4.15. The smallest absolute Gasteiger partial charge is 0.0886 e. The van der Waals surface area contributed by atoms with E-state index in [9.17, 15) is 0 Å². The van der Waals surface area contributed by atoms with Gasteiger partial charge in [-0.1, -0.05) is 28.1 Å². The van der Waals surface area contributed by atoms with Crippen molar-refractivity contribution in [1.29, 1.82) is 0 Å². The zero-order chi connectivity index (χ0) is 9.97.